The van der Waals surface area contributed by atoms with Gasteiger partial charge in [-0.3, -0.25) is 14.5 Å². The zero-order valence-electron chi connectivity index (χ0n) is 20.1. The number of esters is 2. The Morgan fingerprint density at radius 3 is 2.59 bits per heavy atom. The predicted molar refractivity (Wildman–Crippen MR) is 123 cm³/mol. The minimum atomic E-state index is -3.76. The number of likely N-dealkylation sites (N-methyl/N-ethyl adjacent to an activating group) is 1. The normalized spacial score (nSPS) is 20.4. The van der Waals surface area contributed by atoms with Crippen molar-refractivity contribution in [3.05, 3.63) is 51.3 Å². The Morgan fingerprint density at radius 1 is 1.16 bits per heavy atom. The number of benzene rings is 1. The Kier molecular flexibility index (Phi) is 4.87. The van der Waals surface area contributed by atoms with Crippen LogP contribution in [0.3, 0.4) is 0 Å². The van der Waals surface area contributed by atoms with Crippen molar-refractivity contribution in [1.82, 2.24) is 14.5 Å². The second kappa shape index (κ2) is 7.72. The van der Waals surface area contributed by atoms with Crippen molar-refractivity contribution in [3.8, 4) is 22.9 Å². The molecule has 0 saturated heterocycles. The molecule has 3 aromatic rings. The summed E-state index contributed by atoms with van der Waals surface area (Å²) < 4.78 is 48.7. The van der Waals surface area contributed by atoms with Crippen molar-refractivity contribution in [2.45, 2.75) is 38.4 Å². The summed E-state index contributed by atoms with van der Waals surface area (Å²) in [4.78, 5) is 45.4. The number of alkyl halides is 2. The molecule has 0 fully saturated rings. The van der Waals surface area contributed by atoms with E-state index in [1.54, 1.807) is 38.1 Å². The van der Waals surface area contributed by atoms with E-state index >= 15 is 0 Å². The number of aromatic nitrogens is 2. The molecule has 2 aromatic heterocycles. The summed E-state index contributed by atoms with van der Waals surface area (Å²) in [7, 11) is 3.37. The molecule has 0 amide bonds. The maximum absolute atomic E-state index is 13.5. The summed E-state index contributed by atoms with van der Waals surface area (Å²) in [5.74, 6) is -1.65. The second-order valence-electron chi connectivity index (χ2n) is 9.44. The Morgan fingerprint density at radius 2 is 1.89 bits per heavy atom. The number of fused-ring (bicyclic) bond motifs is 6. The van der Waals surface area contributed by atoms with Crippen molar-refractivity contribution in [3.63, 3.8) is 0 Å². The summed E-state index contributed by atoms with van der Waals surface area (Å²) in [6.07, 6.45) is -3.71. The van der Waals surface area contributed by atoms with Crippen LogP contribution in [0.25, 0.3) is 22.3 Å². The van der Waals surface area contributed by atoms with Gasteiger partial charge in [0.2, 0.25) is 5.60 Å². The van der Waals surface area contributed by atoms with Gasteiger partial charge in [-0.15, -0.1) is 8.78 Å². The Balaban J connectivity index is 1.50. The topological polar surface area (TPSA) is 109 Å². The molecule has 0 spiro atoms. The third kappa shape index (κ3) is 3.46. The van der Waals surface area contributed by atoms with E-state index in [9.17, 15) is 23.2 Å². The lowest BCUT2D eigenvalue weighted by Gasteiger charge is -2.35. The van der Waals surface area contributed by atoms with Crippen molar-refractivity contribution < 1.29 is 37.3 Å². The van der Waals surface area contributed by atoms with Crippen molar-refractivity contribution >= 4 is 22.8 Å². The van der Waals surface area contributed by atoms with E-state index in [4.69, 9.17) is 9.47 Å². The zero-order chi connectivity index (χ0) is 26.3. The molecule has 192 valence electrons. The molecule has 10 nitrogen and oxygen atoms in total. The van der Waals surface area contributed by atoms with E-state index < -0.39 is 29.4 Å². The molecule has 0 bridgehead atoms. The first-order chi connectivity index (χ1) is 17.5. The number of pyridine rings is 2. The highest BCUT2D eigenvalue weighted by Gasteiger charge is 2.50. The molecule has 37 heavy (non-hydrogen) atoms. The van der Waals surface area contributed by atoms with E-state index in [0.29, 0.717) is 27.9 Å². The number of carbonyl (C=O) groups is 2. The van der Waals surface area contributed by atoms with Gasteiger partial charge in [0.25, 0.3) is 5.56 Å². The smallest absolute Gasteiger partial charge is 0.457 e. The van der Waals surface area contributed by atoms with E-state index in [0.717, 1.165) is 0 Å². The van der Waals surface area contributed by atoms with Gasteiger partial charge in [0.15, 0.2) is 11.5 Å². The number of halogens is 2. The lowest BCUT2D eigenvalue weighted by molar-refractivity contribution is -0.286. The third-order valence-corrected chi connectivity index (χ3v) is 6.73. The number of hydrogen-bond donors (Lipinski definition) is 0. The van der Waals surface area contributed by atoms with Crippen LogP contribution in [0.15, 0.2) is 29.1 Å². The monoisotopic (exact) mass is 513 g/mol. The molecule has 3 aliphatic heterocycles. The highest BCUT2D eigenvalue weighted by Crippen LogP contribution is 2.45. The predicted octanol–water partition coefficient (Wildman–Crippen LogP) is 2.51. The van der Waals surface area contributed by atoms with Gasteiger partial charge >= 0.3 is 18.2 Å². The minimum absolute atomic E-state index is 0.0522. The Hall–Kier alpha value is -4.06. The van der Waals surface area contributed by atoms with Gasteiger partial charge in [-0.05, 0) is 38.7 Å². The lowest BCUT2D eigenvalue weighted by atomic mass is 9.85. The maximum atomic E-state index is 13.5. The fourth-order valence-corrected chi connectivity index (χ4v) is 5.07. The van der Waals surface area contributed by atoms with E-state index in [-0.39, 0.29) is 48.7 Å². The number of nitrogens with zero attached hydrogens (tertiary/aromatic N) is 3. The first-order valence-electron chi connectivity index (χ1n) is 11.6. The van der Waals surface area contributed by atoms with Crippen LogP contribution in [0.1, 0.15) is 30.0 Å². The van der Waals surface area contributed by atoms with Gasteiger partial charge in [-0.25, -0.2) is 9.78 Å². The molecule has 0 radical (unpaired) electrons. The first-order valence-corrected chi connectivity index (χ1v) is 11.6. The fourth-order valence-electron chi connectivity index (χ4n) is 5.07. The van der Waals surface area contributed by atoms with Crippen molar-refractivity contribution in [2.24, 2.45) is 0 Å². The maximum Gasteiger partial charge on any atom is 0.586 e. The number of ether oxygens (including phenoxy) is 4. The van der Waals surface area contributed by atoms with Crippen LogP contribution < -0.4 is 15.0 Å². The molecule has 1 aromatic carbocycles. The highest BCUT2D eigenvalue weighted by atomic mass is 19.3. The quantitative estimate of drug-likeness (QED) is 0.380. The largest absolute Gasteiger partial charge is 0.586 e. The van der Waals surface area contributed by atoms with Crippen LogP contribution in [-0.2, 0) is 37.8 Å². The third-order valence-electron chi connectivity index (χ3n) is 6.73. The van der Waals surface area contributed by atoms with Crippen molar-refractivity contribution in [2.75, 3.05) is 20.6 Å². The first kappa shape index (κ1) is 23.3. The van der Waals surface area contributed by atoms with Gasteiger partial charge in [0.05, 0.1) is 35.6 Å². The second-order valence-corrected chi connectivity index (χ2v) is 9.44. The van der Waals surface area contributed by atoms with Gasteiger partial charge < -0.3 is 23.5 Å². The van der Waals surface area contributed by atoms with Crippen molar-refractivity contribution in [1.29, 1.82) is 0 Å². The molecular weight excluding hydrogens is 492 g/mol. The fraction of sp³-hybridized carbons (Fsp3) is 0.360. The SMILES string of the molecule is CCC1(OC(=O)CN(C)C)C(=O)OCc2c1cc1n(c2=O)Cc2cc3cc4c(cc3nc2-1)OC(F)(F)O4. The van der Waals surface area contributed by atoms with Gasteiger partial charge in [-0.1, -0.05) is 6.92 Å². The van der Waals surface area contributed by atoms with E-state index in [1.807, 2.05) is 0 Å². The highest BCUT2D eigenvalue weighted by molar-refractivity contribution is 5.89. The summed E-state index contributed by atoms with van der Waals surface area (Å²) >= 11 is 0. The Bertz CT molecular complexity index is 1580. The van der Waals surface area contributed by atoms with E-state index in [2.05, 4.69) is 14.5 Å². The summed E-state index contributed by atoms with van der Waals surface area (Å²) in [6, 6.07) is 6.14. The molecule has 0 N–H and O–H groups in total. The summed E-state index contributed by atoms with van der Waals surface area (Å²) in [5, 5.41) is 0.531. The minimum Gasteiger partial charge on any atom is -0.457 e. The lowest BCUT2D eigenvalue weighted by Crippen LogP contribution is -2.48. The molecule has 3 aliphatic rings. The van der Waals surface area contributed by atoms with Crippen LogP contribution in [-0.4, -0.2) is 53.3 Å². The van der Waals surface area contributed by atoms with E-state index in [1.165, 1.54) is 16.7 Å². The molecule has 5 heterocycles. The van der Waals surface area contributed by atoms with Crippen LogP contribution >= 0.6 is 0 Å². The molecule has 6 rings (SSSR count). The van der Waals surface area contributed by atoms with Gasteiger partial charge in [0.1, 0.15) is 6.61 Å². The molecule has 1 atom stereocenters. The van der Waals surface area contributed by atoms with Crippen LogP contribution in [0, 0.1) is 0 Å². The average Bonchev–Trinajstić information content (AvgIpc) is 3.32. The number of carbonyl (C=O) groups excluding carboxylic acids is 2. The summed E-state index contributed by atoms with van der Waals surface area (Å²) in [6.45, 7) is 1.53. The number of rotatable bonds is 4. The average molecular weight is 513 g/mol. The van der Waals surface area contributed by atoms with Crippen LogP contribution in [0.5, 0.6) is 11.5 Å². The zero-order valence-corrected chi connectivity index (χ0v) is 20.1. The molecule has 0 aliphatic carbocycles. The number of hydrogen-bond acceptors (Lipinski definition) is 9. The standard InChI is InChI=1S/C25H21F2N3O7/c1-4-24(37-20(31)10-29(2)3)15-7-17-21-13(9-30(17)22(32)14(15)11-34-23(24)33)5-12-6-18-19(8-16(12)28-21)36-25(26,27)35-18/h5-8H,4,9-11H2,1-3H3. The summed E-state index contributed by atoms with van der Waals surface area (Å²) in [5.41, 5.74) is 0.205. The molecule has 1 unspecified atom stereocenters. The molecular formula is C25H21F2N3O7. The Labute approximate surface area is 208 Å². The van der Waals surface area contributed by atoms with Crippen LogP contribution in [0.2, 0.25) is 0 Å². The number of cyclic esters (lactones) is 1. The van der Waals surface area contributed by atoms with Crippen LogP contribution in [0.4, 0.5) is 8.78 Å². The molecule has 12 heteroatoms. The van der Waals surface area contributed by atoms with Gasteiger partial charge in [-0.2, -0.15) is 0 Å². The van der Waals surface area contributed by atoms with Gasteiger partial charge in [0, 0.05) is 22.6 Å². The molecule has 0 saturated carbocycles.